The fourth-order valence-electron chi connectivity index (χ4n) is 2.47. The lowest BCUT2D eigenvalue weighted by Gasteiger charge is -2.18. The Labute approximate surface area is 146 Å². The number of aromatic nitrogens is 1. The normalized spacial score (nSPS) is 13.5. The standard InChI is InChI=1S/C17H16N2O3S2/c1-24(21)10-14(11-5-3-2-4-6-11)18-16(20)12-7-8-13-15(9-12)22-17(23)19-13/h2-9,14H,10H2,1H3,(H,18,20)(H,19,23)/t14-,24-/m0/s1. The highest BCUT2D eigenvalue weighted by Gasteiger charge is 2.17. The molecule has 7 heteroatoms. The molecular weight excluding hydrogens is 344 g/mol. The maximum atomic E-state index is 12.6. The van der Waals surface area contributed by atoms with Gasteiger partial charge in [0.15, 0.2) is 5.58 Å². The third kappa shape index (κ3) is 3.80. The summed E-state index contributed by atoms with van der Waals surface area (Å²) in [6.45, 7) is 0. The molecule has 0 aliphatic carbocycles. The highest BCUT2D eigenvalue weighted by Crippen LogP contribution is 2.18. The Morgan fingerprint density at radius 2 is 2.04 bits per heavy atom. The number of benzene rings is 2. The zero-order chi connectivity index (χ0) is 17.1. The van der Waals surface area contributed by atoms with Gasteiger partial charge in [0.1, 0.15) is 0 Å². The van der Waals surface area contributed by atoms with Crippen molar-refractivity contribution in [3.05, 3.63) is 64.5 Å². The molecule has 1 heterocycles. The lowest BCUT2D eigenvalue weighted by atomic mass is 10.1. The van der Waals surface area contributed by atoms with Crippen molar-refractivity contribution < 1.29 is 13.4 Å². The molecule has 2 aromatic carbocycles. The van der Waals surface area contributed by atoms with Gasteiger partial charge >= 0.3 is 0 Å². The Bertz CT molecular complexity index is 947. The predicted octanol–water partition coefficient (Wildman–Crippen LogP) is 3.34. The topological polar surface area (TPSA) is 75.1 Å². The van der Waals surface area contributed by atoms with E-state index >= 15 is 0 Å². The van der Waals surface area contributed by atoms with Gasteiger partial charge in [-0.15, -0.1) is 0 Å². The molecular formula is C17H16N2O3S2. The van der Waals surface area contributed by atoms with Crippen LogP contribution in [-0.2, 0) is 10.8 Å². The summed E-state index contributed by atoms with van der Waals surface area (Å²) in [6, 6.07) is 14.3. The van der Waals surface area contributed by atoms with E-state index in [4.69, 9.17) is 16.6 Å². The second kappa shape index (κ2) is 7.11. The van der Waals surface area contributed by atoms with E-state index in [9.17, 15) is 9.00 Å². The quantitative estimate of drug-likeness (QED) is 0.684. The fourth-order valence-corrected chi connectivity index (χ4v) is 3.41. The van der Waals surface area contributed by atoms with Gasteiger partial charge in [-0.05, 0) is 36.0 Å². The van der Waals surface area contributed by atoms with Gasteiger partial charge < -0.3 is 14.7 Å². The second-order valence-corrected chi connectivity index (χ2v) is 7.25. The molecule has 0 saturated carbocycles. The number of fused-ring (bicyclic) bond motifs is 1. The smallest absolute Gasteiger partial charge is 0.266 e. The molecule has 0 radical (unpaired) electrons. The minimum absolute atomic E-state index is 0.251. The van der Waals surface area contributed by atoms with E-state index in [-0.39, 0.29) is 16.8 Å². The molecule has 0 unspecified atom stereocenters. The first-order valence-corrected chi connectivity index (χ1v) is 9.45. The van der Waals surface area contributed by atoms with Gasteiger partial charge in [0.2, 0.25) is 0 Å². The van der Waals surface area contributed by atoms with Crippen LogP contribution in [0, 0.1) is 4.84 Å². The third-order valence-electron chi connectivity index (χ3n) is 3.59. The van der Waals surface area contributed by atoms with Crippen molar-refractivity contribution in [2.24, 2.45) is 0 Å². The van der Waals surface area contributed by atoms with Gasteiger partial charge in [-0.1, -0.05) is 30.3 Å². The number of nitrogens with one attached hydrogen (secondary N) is 2. The molecule has 2 atom stereocenters. The molecule has 2 N–H and O–H groups in total. The predicted molar refractivity (Wildman–Crippen MR) is 97.0 cm³/mol. The van der Waals surface area contributed by atoms with Crippen molar-refractivity contribution in [2.75, 3.05) is 12.0 Å². The van der Waals surface area contributed by atoms with Gasteiger partial charge in [-0.25, -0.2) is 0 Å². The van der Waals surface area contributed by atoms with Crippen LogP contribution in [-0.4, -0.2) is 27.1 Å². The summed E-state index contributed by atoms with van der Waals surface area (Å²) in [4.78, 5) is 15.7. The first-order chi connectivity index (χ1) is 11.5. The molecule has 24 heavy (non-hydrogen) atoms. The van der Waals surface area contributed by atoms with Gasteiger partial charge in [0.05, 0.1) is 11.6 Å². The molecule has 3 aromatic rings. The van der Waals surface area contributed by atoms with E-state index in [0.29, 0.717) is 16.9 Å². The first-order valence-electron chi connectivity index (χ1n) is 7.31. The molecule has 0 aliphatic rings. The van der Waals surface area contributed by atoms with Crippen molar-refractivity contribution in [2.45, 2.75) is 6.04 Å². The maximum absolute atomic E-state index is 12.6. The Hall–Kier alpha value is -2.25. The van der Waals surface area contributed by atoms with E-state index < -0.39 is 10.8 Å². The molecule has 3 rings (SSSR count). The van der Waals surface area contributed by atoms with Crippen molar-refractivity contribution >= 4 is 40.0 Å². The molecule has 0 saturated heterocycles. The van der Waals surface area contributed by atoms with E-state index in [2.05, 4.69) is 10.3 Å². The van der Waals surface area contributed by atoms with E-state index in [1.54, 1.807) is 24.5 Å². The number of amides is 1. The number of carbonyl (C=O) groups is 1. The van der Waals surface area contributed by atoms with Gasteiger partial charge in [-0.2, -0.15) is 0 Å². The van der Waals surface area contributed by atoms with Crippen LogP contribution in [0.3, 0.4) is 0 Å². The van der Waals surface area contributed by atoms with Crippen molar-refractivity contribution in [3.63, 3.8) is 0 Å². The summed E-state index contributed by atoms with van der Waals surface area (Å²) in [5, 5.41) is 2.94. The van der Waals surface area contributed by atoms with E-state index in [1.165, 1.54) is 0 Å². The Balaban J connectivity index is 1.86. The molecule has 124 valence electrons. The van der Waals surface area contributed by atoms with E-state index in [1.807, 2.05) is 30.3 Å². The number of H-pyrrole nitrogens is 1. The van der Waals surface area contributed by atoms with Crippen LogP contribution in [0.15, 0.2) is 52.9 Å². The number of aromatic amines is 1. The third-order valence-corrected chi connectivity index (χ3v) is 4.58. The number of hydrogen-bond donors (Lipinski definition) is 2. The molecule has 0 aliphatic heterocycles. The van der Waals surface area contributed by atoms with Crippen LogP contribution in [0.4, 0.5) is 0 Å². The van der Waals surface area contributed by atoms with Crippen LogP contribution in [0.1, 0.15) is 22.0 Å². The van der Waals surface area contributed by atoms with Crippen LogP contribution >= 0.6 is 12.2 Å². The minimum atomic E-state index is -1.04. The largest absolute Gasteiger partial charge is 0.429 e. The van der Waals surface area contributed by atoms with Gasteiger partial charge in [-0.3, -0.25) is 9.00 Å². The van der Waals surface area contributed by atoms with Crippen molar-refractivity contribution in [3.8, 4) is 0 Å². The summed E-state index contributed by atoms with van der Waals surface area (Å²) in [5.41, 5.74) is 2.65. The van der Waals surface area contributed by atoms with Crippen LogP contribution in [0.5, 0.6) is 0 Å². The Morgan fingerprint density at radius 3 is 2.75 bits per heavy atom. The van der Waals surface area contributed by atoms with Gasteiger partial charge in [0, 0.05) is 28.4 Å². The fraction of sp³-hybridized carbons (Fsp3) is 0.176. The lowest BCUT2D eigenvalue weighted by molar-refractivity contribution is 0.0940. The molecule has 1 aromatic heterocycles. The number of carbonyl (C=O) groups excluding carboxylic acids is 1. The minimum Gasteiger partial charge on any atom is -0.429 e. The number of rotatable bonds is 5. The Kier molecular flexibility index (Phi) is 4.92. The SMILES string of the molecule is C[S@](=O)C[C@H](NC(=O)c1ccc2[nH]c(=S)oc2c1)c1ccccc1. The molecule has 0 spiro atoms. The Morgan fingerprint density at radius 1 is 1.29 bits per heavy atom. The number of oxazole rings is 1. The molecule has 0 fully saturated rings. The second-order valence-electron chi connectivity index (χ2n) is 5.40. The lowest BCUT2D eigenvalue weighted by Crippen LogP contribution is -2.31. The summed E-state index contributed by atoms with van der Waals surface area (Å²) in [7, 11) is -1.04. The average molecular weight is 360 g/mol. The van der Waals surface area contributed by atoms with Crippen LogP contribution < -0.4 is 5.32 Å². The van der Waals surface area contributed by atoms with Crippen LogP contribution in [0.2, 0.25) is 0 Å². The molecule has 5 nitrogen and oxygen atoms in total. The zero-order valence-electron chi connectivity index (χ0n) is 12.9. The van der Waals surface area contributed by atoms with Crippen molar-refractivity contribution in [1.82, 2.24) is 10.3 Å². The zero-order valence-corrected chi connectivity index (χ0v) is 14.6. The van der Waals surface area contributed by atoms with E-state index in [0.717, 1.165) is 11.1 Å². The molecule has 1 amide bonds. The van der Waals surface area contributed by atoms with Crippen LogP contribution in [0.25, 0.3) is 11.1 Å². The van der Waals surface area contributed by atoms with Gasteiger partial charge in [0.25, 0.3) is 10.7 Å². The summed E-state index contributed by atoms with van der Waals surface area (Å²) in [6.07, 6.45) is 1.62. The number of hydrogen-bond acceptors (Lipinski definition) is 4. The monoisotopic (exact) mass is 360 g/mol. The molecule has 0 bridgehead atoms. The summed E-state index contributed by atoms with van der Waals surface area (Å²) in [5.74, 6) is 0.0987. The maximum Gasteiger partial charge on any atom is 0.266 e. The summed E-state index contributed by atoms with van der Waals surface area (Å²) < 4.78 is 17.0. The highest BCUT2D eigenvalue weighted by atomic mass is 32.2. The summed E-state index contributed by atoms with van der Waals surface area (Å²) >= 11 is 4.95. The highest BCUT2D eigenvalue weighted by molar-refractivity contribution is 7.84. The first kappa shape index (κ1) is 16.6. The van der Waals surface area contributed by atoms with Crippen molar-refractivity contribution in [1.29, 1.82) is 0 Å². The average Bonchev–Trinajstić information content (AvgIpc) is 2.93.